The summed E-state index contributed by atoms with van der Waals surface area (Å²) in [5.41, 5.74) is 1.82. The number of amides is 2. The Kier molecular flexibility index (Phi) is 8.22. The number of hydrogen-bond donors (Lipinski definition) is 2. The number of anilines is 1. The van der Waals surface area contributed by atoms with Crippen LogP contribution >= 0.6 is 0 Å². The molecule has 0 aromatic heterocycles. The standard InChI is InChI=1S/C17H27N3O2/c1-4-5-11-18-13-16(21)19-15-8-6-7-14(12-15)9-10-17(22)20(2)3/h6-8,12,18H,4-5,9-11,13H2,1-3H3,(H,19,21). The van der Waals surface area contributed by atoms with Crippen molar-refractivity contribution >= 4 is 17.5 Å². The molecule has 22 heavy (non-hydrogen) atoms. The van der Waals surface area contributed by atoms with Gasteiger partial charge in [0.25, 0.3) is 0 Å². The summed E-state index contributed by atoms with van der Waals surface area (Å²) < 4.78 is 0. The summed E-state index contributed by atoms with van der Waals surface area (Å²) in [6, 6.07) is 7.65. The van der Waals surface area contributed by atoms with Crippen molar-refractivity contribution in [1.29, 1.82) is 0 Å². The number of carbonyl (C=O) groups is 2. The fraction of sp³-hybridized carbons (Fsp3) is 0.529. The molecule has 5 heteroatoms. The Bertz CT molecular complexity index is 487. The van der Waals surface area contributed by atoms with Gasteiger partial charge in [0.2, 0.25) is 11.8 Å². The van der Waals surface area contributed by atoms with Gasteiger partial charge in [-0.25, -0.2) is 0 Å². The second kappa shape index (κ2) is 9.95. The topological polar surface area (TPSA) is 61.4 Å². The number of hydrogen-bond acceptors (Lipinski definition) is 3. The maximum absolute atomic E-state index is 11.8. The molecular formula is C17H27N3O2. The maximum atomic E-state index is 11.8. The minimum Gasteiger partial charge on any atom is -0.349 e. The normalized spacial score (nSPS) is 10.3. The number of aryl methyl sites for hydroxylation is 1. The second-order valence-corrected chi connectivity index (χ2v) is 5.57. The molecule has 0 saturated heterocycles. The molecule has 2 N–H and O–H groups in total. The van der Waals surface area contributed by atoms with Gasteiger partial charge < -0.3 is 15.5 Å². The fourth-order valence-electron chi connectivity index (χ4n) is 1.99. The van der Waals surface area contributed by atoms with Crippen LogP contribution in [-0.4, -0.2) is 43.9 Å². The molecule has 1 aromatic carbocycles. The fourth-order valence-corrected chi connectivity index (χ4v) is 1.99. The van der Waals surface area contributed by atoms with Crippen LogP contribution in [0.2, 0.25) is 0 Å². The molecule has 0 heterocycles. The predicted octanol–water partition coefficient (Wildman–Crippen LogP) is 2.04. The van der Waals surface area contributed by atoms with Crippen LogP contribution in [0.25, 0.3) is 0 Å². The minimum absolute atomic E-state index is 0.0439. The van der Waals surface area contributed by atoms with E-state index in [1.54, 1.807) is 19.0 Å². The summed E-state index contributed by atoms with van der Waals surface area (Å²) >= 11 is 0. The van der Waals surface area contributed by atoms with E-state index in [0.717, 1.165) is 30.6 Å². The lowest BCUT2D eigenvalue weighted by atomic mass is 10.1. The van der Waals surface area contributed by atoms with Crippen LogP contribution in [0.15, 0.2) is 24.3 Å². The van der Waals surface area contributed by atoms with Crippen LogP contribution < -0.4 is 10.6 Å². The smallest absolute Gasteiger partial charge is 0.238 e. The highest BCUT2D eigenvalue weighted by Gasteiger charge is 2.06. The van der Waals surface area contributed by atoms with Crippen molar-refractivity contribution in [1.82, 2.24) is 10.2 Å². The van der Waals surface area contributed by atoms with E-state index in [1.165, 1.54) is 0 Å². The van der Waals surface area contributed by atoms with E-state index < -0.39 is 0 Å². The first-order valence-electron chi connectivity index (χ1n) is 7.82. The highest BCUT2D eigenvalue weighted by Crippen LogP contribution is 2.12. The van der Waals surface area contributed by atoms with E-state index in [1.807, 2.05) is 24.3 Å². The van der Waals surface area contributed by atoms with Gasteiger partial charge in [-0.1, -0.05) is 25.5 Å². The Morgan fingerprint density at radius 3 is 2.68 bits per heavy atom. The average molecular weight is 305 g/mol. The Hall–Kier alpha value is -1.88. The number of nitrogens with zero attached hydrogens (tertiary/aromatic N) is 1. The molecule has 122 valence electrons. The van der Waals surface area contributed by atoms with Crippen LogP contribution in [0.3, 0.4) is 0 Å². The summed E-state index contributed by atoms with van der Waals surface area (Å²) in [5, 5.41) is 5.98. The molecular weight excluding hydrogens is 278 g/mol. The third-order valence-electron chi connectivity index (χ3n) is 3.33. The number of carbonyl (C=O) groups excluding carboxylic acids is 2. The molecule has 2 amide bonds. The SMILES string of the molecule is CCCCNCC(=O)Nc1cccc(CCC(=O)N(C)C)c1. The van der Waals surface area contributed by atoms with Crippen molar-refractivity contribution in [3.8, 4) is 0 Å². The molecule has 1 aromatic rings. The number of unbranched alkanes of at least 4 members (excludes halogenated alkanes) is 1. The Balaban J connectivity index is 2.43. The van der Waals surface area contributed by atoms with Gasteiger partial charge in [-0.3, -0.25) is 9.59 Å². The van der Waals surface area contributed by atoms with Crippen LogP contribution in [0.1, 0.15) is 31.7 Å². The van der Waals surface area contributed by atoms with E-state index in [2.05, 4.69) is 17.6 Å². The largest absolute Gasteiger partial charge is 0.349 e. The van der Waals surface area contributed by atoms with E-state index in [9.17, 15) is 9.59 Å². The number of benzene rings is 1. The highest BCUT2D eigenvalue weighted by molar-refractivity contribution is 5.92. The lowest BCUT2D eigenvalue weighted by molar-refractivity contribution is -0.128. The van der Waals surface area contributed by atoms with Gasteiger partial charge >= 0.3 is 0 Å². The first kappa shape index (κ1) is 18.2. The molecule has 0 unspecified atom stereocenters. The Morgan fingerprint density at radius 2 is 2.00 bits per heavy atom. The second-order valence-electron chi connectivity index (χ2n) is 5.57. The molecule has 0 saturated carbocycles. The summed E-state index contributed by atoms with van der Waals surface area (Å²) in [4.78, 5) is 25.0. The molecule has 0 bridgehead atoms. The van der Waals surface area contributed by atoms with Crippen molar-refractivity contribution in [3.63, 3.8) is 0 Å². The summed E-state index contributed by atoms with van der Waals surface area (Å²) in [6.45, 7) is 3.30. The molecule has 0 aliphatic carbocycles. The molecule has 0 radical (unpaired) electrons. The van der Waals surface area contributed by atoms with Gasteiger partial charge in [0.1, 0.15) is 0 Å². The van der Waals surface area contributed by atoms with Crippen molar-refractivity contribution in [2.75, 3.05) is 32.5 Å². The van der Waals surface area contributed by atoms with Gasteiger partial charge in [0.05, 0.1) is 6.54 Å². The maximum Gasteiger partial charge on any atom is 0.238 e. The highest BCUT2D eigenvalue weighted by atomic mass is 16.2. The van der Waals surface area contributed by atoms with E-state index in [0.29, 0.717) is 19.4 Å². The molecule has 0 aliphatic rings. The van der Waals surface area contributed by atoms with E-state index in [-0.39, 0.29) is 11.8 Å². The van der Waals surface area contributed by atoms with Crippen molar-refractivity contribution in [2.45, 2.75) is 32.6 Å². The molecule has 5 nitrogen and oxygen atoms in total. The minimum atomic E-state index is -0.0439. The monoisotopic (exact) mass is 305 g/mol. The van der Waals surface area contributed by atoms with Gasteiger partial charge in [-0.05, 0) is 37.1 Å². The zero-order valence-corrected chi connectivity index (χ0v) is 13.8. The molecule has 0 aliphatic heterocycles. The zero-order valence-electron chi connectivity index (χ0n) is 13.8. The molecule has 0 fully saturated rings. The first-order valence-corrected chi connectivity index (χ1v) is 7.82. The average Bonchev–Trinajstić information content (AvgIpc) is 2.49. The third kappa shape index (κ3) is 7.22. The Morgan fingerprint density at radius 1 is 1.23 bits per heavy atom. The molecule has 0 atom stereocenters. The van der Waals surface area contributed by atoms with Gasteiger partial charge in [-0.2, -0.15) is 0 Å². The first-order chi connectivity index (χ1) is 10.5. The van der Waals surface area contributed by atoms with Gasteiger partial charge in [0.15, 0.2) is 0 Å². The predicted molar refractivity (Wildman–Crippen MR) is 89.9 cm³/mol. The van der Waals surface area contributed by atoms with Crippen molar-refractivity contribution in [2.24, 2.45) is 0 Å². The van der Waals surface area contributed by atoms with E-state index >= 15 is 0 Å². The summed E-state index contributed by atoms with van der Waals surface area (Å²) in [6.07, 6.45) is 3.34. The zero-order chi connectivity index (χ0) is 16.4. The summed E-state index contributed by atoms with van der Waals surface area (Å²) in [7, 11) is 3.51. The molecule has 1 rings (SSSR count). The number of nitrogens with one attached hydrogen (secondary N) is 2. The van der Waals surface area contributed by atoms with E-state index in [4.69, 9.17) is 0 Å². The Labute approximate surface area is 133 Å². The van der Waals surface area contributed by atoms with Gasteiger partial charge in [-0.15, -0.1) is 0 Å². The number of rotatable bonds is 9. The van der Waals surface area contributed by atoms with Crippen LogP contribution in [-0.2, 0) is 16.0 Å². The van der Waals surface area contributed by atoms with Crippen molar-refractivity contribution < 1.29 is 9.59 Å². The lowest BCUT2D eigenvalue weighted by Crippen LogP contribution is -2.28. The quantitative estimate of drug-likeness (QED) is 0.686. The molecule has 0 spiro atoms. The van der Waals surface area contributed by atoms with Crippen LogP contribution in [0.4, 0.5) is 5.69 Å². The third-order valence-corrected chi connectivity index (χ3v) is 3.33. The van der Waals surface area contributed by atoms with Crippen molar-refractivity contribution in [3.05, 3.63) is 29.8 Å². The lowest BCUT2D eigenvalue weighted by Gasteiger charge is -2.11. The van der Waals surface area contributed by atoms with Crippen LogP contribution in [0.5, 0.6) is 0 Å². The van der Waals surface area contributed by atoms with Gasteiger partial charge in [0, 0.05) is 26.2 Å². The summed E-state index contributed by atoms with van der Waals surface area (Å²) in [5.74, 6) is 0.0622. The van der Waals surface area contributed by atoms with Crippen LogP contribution in [0, 0.1) is 0 Å².